The molecule has 4 rings (SSSR count). The van der Waals surface area contributed by atoms with Gasteiger partial charge in [0.15, 0.2) is 0 Å². The van der Waals surface area contributed by atoms with Crippen LogP contribution in [0.4, 0.5) is 0 Å². The van der Waals surface area contributed by atoms with E-state index in [0.29, 0.717) is 6.61 Å². The Bertz CT molecular complexity index is 1170. The number of aryl methyl sites for hydroxylation is 1. The summed E-state index contributed by atoms with van der Waals surface area (Å²) in [5, 5.41) is 26.2. The molecule has 4 aromatic rings. The number of rotatable bonds is 19. The van der Waals surface area contributed by atoms with E-state index in [1.807, 2.05) is 0 Å². The maximum absolute atomic E-state index is 9.21. The first kappa shape index (κ1) is 27.8. The average Bonchev–Trinajstić information content (AvgIpc) is 2.93. The van der Waals surface area contributed by atoms with Gasteiger partial charge in [0.05, 0.1) is 13.2 Å². The molecule has 0 amide bonds. The molecule has 0 aliphatic rings. The summed E-state index contributed by atoms with van der Waals surface area (Å²) in [6.07, 6.45) is 12.4. The SMILES string of the molecule is OCC(O)COCCCCCCCCCCOCCCCc1ccc2ccc3cccc4ccc1c2c34. The van der Waals surface area contributed by atoms with Gasteiger partial charge in [-0.3, -0.25) is 0 Å². The molecular weight excluding hydrogens is 460 g/mol. The number of ether oxygens (including phenoxy) is 2. The summed E-state index contributed by atoms with van der Waals surface area (Å²) in [5.74, 6) is 0. The van der Waals surface area contributed by atoms with Crippen LogP contribution < -0.4 is 0 Å². The average molecular weight is 505 g/mol. The predicted octanol–water partition coefficient (Wildman–Crippen LogP) is 7.41. The summed E-state index contributed by atoms with van der Waals surface area (Å²) >= 11 is 0. The Morgan fingerprint density at radius 3 is 1.78 bits per heavy atom. The smallest absolute Gasteiger partial charge is 0.100 e. The van der Waals surface area contributed by atoms with Gasteiger partial charge in [0.2, 0.25) is 0 Å². The first-order valence-electron chi connectivity index (χ1n) is 14.4. The highest BCUT2D eigenvalue weighted by Gasteiger charge is 2.10. The van der Waals surface area contributed by atoms with Gasteiger partial charge in [-0.25, -0.2) is 0 Å². The van der Waals surface area contributed by atoms with Gasteiger partial charge in [0, 0.05) is 19.8 Å². The Morgan fingerprint density at radius 1 is 0.568 bits per heavy atom. The fraction of sp³-hybridized carbons (Fsp3) is 0.515. The first-order valence-corrected chi connectivity index (χ1v) is 14.4. The van der Waals surface area contributed by atoms with Gasteiger partial charge in [0.1, 0.15) is 6.10 Å². The van der Waals surface area contributed by atoms with Crippen molar-refractivity contribution >= 4 is 32.3 Å². The van der Waals surface area contributed by atoms with Crippen LogP contribution in [0, 0.1) is 0 Å². The minimum atomic E-state index is -0.741. The van der Waals surface area contributed by atoms with Crippen LogP contribution >= 0.6 is 0 Å². The first-order chi connectivity index (χ1) is 18.3. The zero-order valence-corrected chi connectivity index (χ0v) is 22.3. The largest absolute Gasteiger partial charge is 0.394 e. The molecule has 1 atom stereocenters. The van der Waals surface area contributed by atoms with E-state index in [4.69, 9.17) is 14.6 Å². The summed E-state index contributed by atoms with van der Waals surface area (Å²) in [7, 11) is 0. The molecule has 200 valence electrons. The third-order valence-corrected chi connectivity index (χ3v) is 7.45. The van der Waals surface area contributed by atoms with Crippen molar-refractivity contribution in [1.82, 2.24) is 0 Å². The Balaban J connectivity index is 1.03. The van der Waals surface area contributed by atoms with Crippen LogP contribution in [0.3, 0.4) is 0 Å². The van der Waals surface area contributed by atoms with E-state index < -0.39 is 6.10 Å². The van der Waals surface area contributed by atoms with Gasteiger partial charge in [-0.05, 0) is 70.0 Å². The number of unbranched alkanes of at least 4 members (excludes halogenated alkanes) is 8. The summed E-state index contributed by atoms with van der Waals surface area (Å²) in [5.41, 5.74) is 1.46. The topological polar surface area (TPSA) is 58.9 Å². The van der Waals surface area contributed by atoms with Gasteiger partial charge >= 0.3 is 0 Å². The molecule has 0 spiro atoms. The van der Waals surface area contributed by atoms with Crippen molar-refractivity contribution in [1.29, 1.82) is 0 Å². The molecule has 0 heterocycles. The number of aliphatic hydroxyl groups excluding tert-OH is 2. The molecule has 0 aromatic heterocycles. The van der Waals surface area contributed by atoms with E-state index in [1.54, 1.807) is 0 Å². The van der Waals surface area contributed by atoms with Crippen LogP contribution in [0.2, 0.25) is 0 Å². The van der Waals surface area contributed by atoms with Crippen molar-refractivity contribution in [2.24, 2.45) is 0 Å². The Labute approximate surface area is 221 Å². The second-order valence-corrected chi connectivity index (χ2v) is 10.4. The standard InChI is InChI=1S/C33H44O4/c34-24-30(35)25-37-23-9-6-4-2-1-3-5-8-21-36-22-10-7-12-26-15-16-29-18-17-27-13-11-14-28-19-20-31(26)33(29)32(27)28/h11,13-20,30,34-35H,1-10,12,21-25H2. The van der Waals surface area contributed by atoms with Crippen LogP contribution in [0.15, 0.2) is 54.6 Å². The molecule has 37 heavy (non-hydrogen) atoms. The monoisotopic (exact) mass is 504 g/mol. The molecule has 0 aliphatic heterocycles. The minimum Gasteiger partial charge on any atom is -0.394 e. The van der Waals surface area contributed by atoms with Crippen LogP contribution in [0.1, 0.15) is 69.8 Å². The molecule has 1 unspecified atom stereocenters. The van der Waals surface area contributed by atoms with Gasteiger partial charge < -0.3 is 19.7 Å². The minimum absolute atomic E-state index is 0.228. The summed E-state index contributed by atoms with van der Waals surface area (Å²) in [6, 6.07) is 20.3. The molecule has 0 fully saturated rings. The predicted molar refractivity (Wildman–Crippen MR) is 155 cm³/mol. The molecule has 4 heteroatoms. The maximum atomic E-state index is 9.21. The molecular formula is C33H44O4. The lowest BCUT2D eigenvalue weighted by Crippen LogP contribution is -2.19. The van der Waals surface area contributed by atoms with Crippen LogP contribution in [-0.4, -0.2) is 49.4 Å². The Kier molecular flexibility index (Phi) is 11.4. The van der Waals surface area contributed by atoms with E-state index in [9.17, 15) is 5.11 Å². The maximum Gasteiger partial charge on any atom is 0.100 e. The summed E-state index contributed by atoms with van der Waals surface area (Å²) < 4.78 is 11.2. The fourth-order valence-corrected chi connectivity index (χ4v) is 5.38. The normalized spacial score (nSPS) is 12.8. The van der Waals surface area contributed by atoms with E-state index in [2.05, 4.69) is 54.6 Å². The van der Waals surface area contributed by atoms with Gasteiger partial charge in [-0.1, -0.05) is 93.1 Å². The molecule has 0 saturated heterocycles. The zero-order chi connectivity index (χ0) is 25.7. The highest BCUT2D eigenvalue weighted by Crippen LogP contribution is 2.36. The number of hydrogen-bond donors (Lipinski definition) is 2. The van der Waals surface area contributed by atoms with Crippen molar-refractivity contribution in [3.05, 3.63) is 60.2 Å². The lowest BCUT2D eigenvalue weighted by molar-refractivity contribution is 0.00525. The molecule has 4 aromatic carbocycles. The lowest BCUT2D eigenvalue weighted by atomic mass is 9.91. The molecule has 0 bridgehead atoms. The van der Waals surface area contributed by atoms with Crippen molar-refractivity contribution in [2.45, 2.75) is 76.7 Å². The van der Waals surface area contributed by atoms with Gasteiger partial charge in [-0.15, -0.1) is 0 Å². The molecule has 0 saturated carbocycles. The molecule has 0 aliphatic carbocycles. The second kappa shape index (κ2) is 15.2. The van der Waals surface area contributed by atoms with E-state index >= 15 is 0 Å². The third kappa shape index (κ3) is 8.12. The van der Waals surface area contributed by atoms with Gasteiger partial charge in [0.25, 0.3) is 0 Å². The Hall–Kier alpha value is -2.24. The van der Waals surface area contributed by atoms with Crippen LogP contribution in [0.5, 0.6) is 0 Å². The van der Waals surface area contributed by atoms with Crippen LogP contribution in [-0.2, 0) is 15.9 Å². The number of benzene rings is 4. The van der Waals surface area contributed by atoms with Crippen molar-refractivity contribution < 1.29 is 19.7 Å². The second-order valence-electron chi connectivity index (χ2n) is 10.4. The summed E-state index contributed by atoms with van der Waals surface area (Å²) in [6.45, 7) is 2.43. The zero-order valence-electron chi connectivity index (χ0n) is 22.3. The van der Waals surface area contributed by atoms with E-state index in [1.165, 1.54) is 76.4 Å². The highest BCUT2D eigenvalue weighted by molar-refractivity contribution is 6.23. The van der Waals surface area contributed by atoms with Gasteiger partial charge in [-0.2, -0.15) is 0 Å². The van der Waals surface area contributed by atoms with E-state index in [0.717, 1.165) is 45.3 Å². The lowest BCUT2D eigenvalue weighted by Gasteiger charge is -2.14. The third-order valence-electron chi connectivity index (χ3n) is 7.45. The number of hydrogen-bond acceptors (Lipinski definition) is 4. The quantitative estimate of drug-likeness (QED) is 0.103. The Morgan fingerprint density at radius 2 is 1.11 bits per heavy atom. The van der Waals surface area contributed by atoms with Crippen LogP contribution in [0.25, 0.3) is 32.3 Å². The molecule has 2 N–H and O–H groups in total. The molecule has 0 radical (unpaired) electrons. The fourth-order valence-electron chi connectivity index (χ4n) is 5.38. The number of aliphatic hydroxyl groups is 2. The van der Waals surface area contributed by atoms with Crippen molar-refractivity contribution in [3.8, 4) is 0 Å². The molecule has 4 nitrogen and oxygen atoms in total. The summed E-state index contributed by atoms with van der Waals surface area (Å²) in [4.78, 5) is 0. The van der Waals surface area contributed by atoms with Crippen molar-refractivity contribution in [3.63, 3.8) is 0 Å². The highest BCUT2D eigenvalue weighted by atomic mass is 16.5. The van der Waals surface area contributed by atoms with Crippen molar-refractivity contribution in [2.75, 3.05) is 33.0 Å². The van der Waals surface area contributed by atoms with E-state index in [-0.39, 0.29) is 13.2 Å².